The van der Waals surface area contributed by atoms with E-state index in [0.717, 1.165) is 25.2 Å². The Morgan fingerprint density at radius 3 is 2.71 bits per heavy atom. The topological polar surface area (TPSA) is 81.0 Å². The predicted molar refractivity (Wildman–Crippen MR) is 79.3 cm³/mol. The van der Waals surface area contributed by atoms with Crippen LogP contribution in [0.25, 0.3) is 11.4 Å². The van der Waals surface area contributed by atoms with Gasteiger partial charge in [-0.1, -0.05) is 0 Å². The fourth-order valence-electron chi connectivity index (χ4n) is 2.16. The second kappa shape index (κ2) is 6.04. The molecule has 3 heterocycles. The number of aryl methyl sites for hydroxylation is 1. The maximum absolute atomic E-state index is 5.37. The zero-order chi connectivity index (χ0) is 14.7. The molecule has 1 aliphatic rings. The molecular formula is C13H19N7O. The average molecular weight is 289 g/mol. The Morgan fingerprint density at radius 1 is 1.24 bits per heavy atom. The van der Waals surface area contributed by atoms with E-state index in [2.05, 4.69) is 30.3 Å². The molecule has 21 heavy (non-hydrogen) atoms. The Balaban J connectivity index is 1.95. The largest absolute Gasteiger partial charge is 0.378 e. The first kappa shape index (κ1) is 13.7. The summed E-state index contributed by atoms with van der Waals surface area (Å²) in [6.07, 6.45) is 3.72. The van der Waals surface area contributed by atoms with Crippen LogP contribution in [0.15, 0.2) is 12.4 Å². The highest BCUT2D eigenvalue weighted by Gasteiger charge is 2.17. The van der Waals surface area contributed by atoms with Crippen molar-refractivity contribution in [3.05, 3.63) is 12.4 Å². The summed E-state index contributed by atoms with van der Waals surface area (Å²) in [5.74, 6) is 1.87. The zero-order valence-electron chi connectivity index (χ0n) is 12.3. The third-order valence-corrected chi connectivity index (χ3v) is 3.36. The lowest BCUT2D eigenvalue weighted by Gasteiger charge is -2.27. The summed E-state index contributed by atoms with van der Waals surface area (Å²) in [5.41, 5.74) is 0.894. The number of morpholine rings is 1. The molecule has 1 fully saturated rings. The third-order valence-electron chi connectivity index (χ3n) is 3.36. The van der Waals surface area contributed by atoms with Gasteiger partial charge >= 0.3 is 0 Å². The normalized spacial score (nSPS) is 15.2. The van der Waals surface area contributed by atoms with Crippen LogP contribution < -0.4 is 10.2 Å². The predicted octanol–water partition coefficient (Wildman–Crippen LogP) is 0.633. The third kappa shape index (κ3) is 2.94. The highest BCUT2D eigenvalue weighted by Crippen LogP contribution is 2.19. The van der Waals surface area contributed by atoms with Crippen molar-refractivity contribution in [2.45, 2.75) is 13.5 Å². The van der Waals surface area contributed by atoms with Crippen LogP contribution in [0, 0.1) is 0 Å². The Labute approximate surface area is 123 Å². The minimum atomic E-state index is 0.561. The molecule has 0 amide bonds. The number of hydrogen-bond acceptors (Lipinski definition) is 7. The minimum absolute atomic E-state index is 0.561. The molecule has 2 aromatic heterocycles. The van der Waals surface area contributed by atoms with Crippen LogP contribution in [-0.2, 0) is 11.3 Å². The molecule has 0 radical (unpaired) electrons. The van der Waals surface area contributed by atoms with Gasteiger partial charge < -0.3 is 15.0 Å². The summed E-state index contributed by atoms with van der Waals surface area (Å²) in [6.45, 7) is 5.84. The van der Waals surface area contributed by atoms with Gasteiger partial charge in [-0.15, -0.1) is 0 Å². The molecule has 112 valence electrons. The van der Waals surface area contributed by atoms with E-state index in [4.69, 9.17) is 4.74 Å². The van der Waals surface area contributed by atoms with Crippen LogP contribution in [0.4, 0.5) is 11.9 Å². The molecule has 8 nitrogen and oxygen atoms in total. The van der Waals surface area contributed by atoms with Gasteiger partial charge in [0.15, 0.2) is 5.82 Å². The van der Waals surface area contributed by atoms with Crippen LogP contribution in [0.2, 0.25) is 0 Å². The first-order valence-electron chi connectivity index (χ1n) is 7.09. The number of rotatable bonds is 4. The van der Waals surface area contributed by atoms with Gasteiger partial charge in [0.1, 0.15) is 0 Å². The van der Waals surface area contributed by atoms with Gasteiger partial charge in [-0.25, -0.2) is 0 Å². The monoisotopic (exact) mass is 289 g/mol. The molecule has 1 N–H and O–H groups in total. The van der Waals surface area contributed by atoms with Crippen molar-refractivity contribution in [2.24, 2.45) is 0 Å². The number of anilines is 2. The van der Waals surface area contributed by atoms with Crippen molar-refractivity contribution in [1.29, 1.82) is 0 Å². The lowest BCUT2D eigenvalue weighted by atomic mass is 10.3. The van der Waals surface area contributed by atoms with Gasteiger partial charge in [-0.3, -0.25) is 4.68 Å². The fourth-order valence-corrected chi connectivity index (χ4v) is 2.16. The van der Waals surface area contributed by atoms with E-state index >= 15 is 0 Å². The maximum Gasteiger partial charge on any atom is 0.230 e. The molecule has 0 aliphatic carbocycles. The molecule has 1 saturated heterocycles. The van der Waals surface area contributed by atoms with Crippen molar-refractivity contribution in [3.63, 3.8) is 0 Å². The van der Waals surface area contributed by atoms with Gasteiger partial charge in [0.2, 0.25) is 11.9 Å². The van der Waals surface area contributed by atoms with Crippen molar-refractivity contribution in [2.75, 3.05) is 43.6 Å². The highest BCUT2D eigenvalue weighted by molar-refractivity contribution is 5.56. The smallest absolute Gasteiger partial charge is 0.230 e. The summed E-state index contributed by atoms with van der Waals surface area (Å²) >= 11 is 0. The number of nitrogens with one attached hydrogen (secondary N) is 1. The van der Waals surface area contributed by atoms with Crippen LogP contribution >= 0.6 is 0 Å². The quantitative estimate of drug-likeness (QED) is 0.884. The Kier molecular flexibility index (Phi) is 3.96. The van der Waals surface area contributed by atoms with Crippen molar-refractivity contribution < 1.29 is 4.74 Å². The average Bonchev–Trinajstić information content (AvgIpc) is 3.04. The minimum Gasteiger partial charge on any atom is -0.378 e. The Bertz CT molecular complexity index is 606. The van der Waals surface area contributed by atoms with Gasteiger partial charge in [0.25, 0.3) is 0 Å². The Hall–Kier alpha value is -2.22. The van der Waals surface area contributed by atoms with E-state index in [1.165, 1.54) is 0 Å². The standard InChI is InChI=1S/C13H19N7O/c1-3-20-9-10(8-15-20)11-16-12(14-2)18-13(17-11)19-4-6-21-7-5-19/h8-9H,3-7H2,1-2H3,(H,14,16,17,18). The summed E-state index contributed by atoms with van der Waals surface area (Å²) in [7, 11) is 1.80. The molecule has 2 aromatic rings. The number of hydrogen-bond donors (Lipinski definition) is 1. The molecule has 0 spiro atoms. The van der Waals surface area contributed by atoms with Crippen LogP contribution in [0.5, 0.6) is 0 Å². The molecule has 8 heteroatoms. The molecule has 3 rings (SSSR count). The number of nitrogens with zero attached hydrogens (tertiary/aromatic N) is 6. The summed E-state index contributed by atoms with van der Waals surface area (Å²) in [6, 6.07) is 0. The van der Waals surface area contributed by atoms with E-state index in [-0.39, 0.29) is 0 Å². The van der Waals surface area contributed by atoms with Gasteiger partial charge in [0.05, 0.1) is 25.0 Å². The fraction of sp³-hybridized carbons (Fsp3) is 0.538. The molecular weight excluding hydrogens is 270 g/mol. The lowest BCUT2D eigenvalue weighted by molar-refractivity contribution is 0.122. The summed E-state index contributed by atoms with van der Waals surface area (Å²) in [4.78, 5) is 15.5. The van der Waals surface area contributed by atoms with E-state index < -0.39 is 0 Å². The van der Waals surface area contributed by atoms with Crippen molar-refractivity contribution in [3.8, 4) is 11.4 Å². The highest BCUT2D eigenvalue weighted by atomic mass is 16.5. The number of ether oxygens (including phenoxy) is 1. The molecule has 0 unspecified atom stereocenters. The Morgan fingerprint density at radius 2 is 2.05 bits per heavy atom. The van der Waals surface area contributed by atoms with Crippen LogP contribution in [0.3, 0.4) is 0 Å². The second-order valence-corrected chi connectivity index (χ2v) is 4.72. The van der Waals surface area contributed by atoms with Gasteiger partial charge in [-0.2, -0.15) is 20.1 Å². The zero-order valence-corrected chi connectivity index (χ0v) is 12.3. The van der Waals surface area contributed by atoms with Gasteiger partial charge in [0, 0.05) is 32.9 Å². The first-order chi connectivity index (χ1) is 10.3. The van der Waals surface area contributed by atoms with E-state index in [0.29, 0.717) is 30.9 Å². The number of aromatic nitrogens is 5. The molecule has 1 aliphatic heterocycles. The lowest BCUT2D eigenvalue weighted by Crippen LogP contribution is -2.37. The summed E-state index contributed by atoms with van der Waals surface area (Å²) in [5, 5.41) is 7.26. The van der Waals surface area contributed by atoms with Crippen molar-refractivity contribution in [1.82, 2.24) is 24.7 Å². The first-order valence-corrected chi connectivity index (χ1v) is 7.09. The van der Waals surface area contributed by atoms with Crippen LogP contribution in [-0.4, -0.2) is 58.1 Å². The van der Waals surface area contributed by atoms with E-state index in [9.17, 15) is 0 Å². The SMILES string of the molecule is CCn1cc(-c2nc(NC)nc(N3CCOCC3)n2)cn1. The maximum atomic E-state index is 5.37. The molecule has 0 bridgehead atoms. The molecule has 0 saturated carbocycles. The summed E-state index contributed by atoms with van der Waals surface area (Å²) < 4.78 is 7.22. The van der Waals surface area contributed by atoms with Crippen LogP contribution in [0.1, 0.15) is 6.92 Å². The molecule has 0 aromatic carbocycles. The van der Waals surface area contributed by atoms with E-state index in [1.807, 2.05) is 17.8 Å². The van der Waals surface area contributed by atoms with Gasteiger partial charge in [-0.05, 0) is 6.92 Å². The van der Waals surface area contributed by atoms with E-state index in [1.54, 1.807) is 13.2 Å². The molecule has 0 atom stereocenters. The van der Waals surface area contributed by atoms with Crippen molar-refractivity contribution >= 4 is 11.9 Å². The second-order valence-electron chi connectivity index (χ2n) is 4.72.